The summed E-state index contributed by atoms with van der Waals surface area (Å²) in [6, 6.07) is 16.6. The van der Waals surface area contributed by atoms with Crippen LogP contribution >= 0.6 is 0 Å². The Morgan fingerprint density at radius 1 is 1.15 bits per heavy atom. The van der Waals surface area contributed by atoms with Crippen molar-refractivity contribution < 1.29 is 14.3 Å². The molecule has 0 bridgehead atoms. The molecule has 0 aliphatic carbocycles. The van der Waals surface area contributed by atoms with E-state index in [9.17, 15) is 14.9 Å². The number of nitrogens with one attached hydrogen (secondary N) is 1. The lowest BCUT2D eigenvalue weighted by atomic mass is 10.1. The van der Waals surface area contributed by atoms with E-state index < -0.39 is 11.9 Å². The summed E-state index contributed by atoms with van der Waals surface area (Å²) in [6.45, 7) is 2.00. The molecule has 0 radical (unpaired) electrons. The summed E-state index contributed by atoms with van der Waals surface area (Å²) in [5, 5.41) is 20.7. The van der Waals surface area contributed by atoms with Crippen molar-refractivity contribution in [3.8, 4) is 12.1 Å². The first kappa shape index (κ1) is 18.4. The fourth-order valence-electron chi connectivity index (χ4n) is 2.12. The number of hydrogen-bond acceptors (Lipinski definition) is 5. The second-order valence-electron chi connectivity index (χ2n) is 5.16. The fourth-order valence-corrected chi connectivity index (χ4v) is 2.12. The summed E-state index contributed by atoms with van der Waals surface area (Å²) in [5.74, 6) is -1.03. The van der Waals surface area contributed by atoms with Crippen LogP contribution < -0.4 is 5.32 Å². The van der Waals surface area contributed by atoms with Crippen molar-refractivity contribution in [3.05, 3.63) is 70.8 Å². The van der Waals surface area contributed by atoms with Gasteiger partial charge >= 0.3 is 5.97 Å². The van der Waals surface area contributed by atoms with Crippen LogP contribution in [0.4, 0.5) is 5.69 Å². The van der Waals surface area contributed by atoms with Crippen LogP contribution in [0.2, 0.25) is 0 Å². The molecule has 1 N–H and O–H groups in total. The number of esters is 1. The number of ether oxygens (including phenoxy) is 1. The molecule has 2 rings (SSSR count). The Kier molecular flexibility index (Phi) is 6.25. The Balaban J connectivity index is 2.14. The molecule has 0 saturated carbocycles. The first-order valence-electron chi connectivity index (χ1n) is 7.78. The normalized spacial score (nSPS) is 10.3. The zero-order valence-corrected chi connectivity index (χ0v) is 14.0. The maximum atomic E-state index is 12.3. The number of rotatable bonds is 5. The number of hydrogen-bond donors (Lipinski definition) is 1. The number of benzene rings is 2. The Labute approximate surface area is 150 Å². The van der Waals surface area contributed by atoms with Gasteiger partial charge in [-0.2, -0.15) is 10.5 Å². The van der Waals surface area contributed by atoms with Gasteiger partial charge in [-0.3, -0.25) is 4.79 Å². The second kappa shape index (κ2) is 8.81. The molecule has 0 unspecified atom stereocenters. The molecule has 0 aromatic heterocycles. The maximum absolute atomic E-state index is 12.3. The van der Waals surface area contributed by atoms with Crippen molar-refractivity contribution in [1.29, 1.82) is 10.5 Å². The van der Waals surface area contributed by atoms with Gasteiger partial charge in [0.2, 0.25) is 0 Å². The molecule has 2 aromatic carbocycles. The van der Waals surface area contributed by atoms with E-state index in [1.165, 1.54) is 18.2 Å². The van der Waals surface area contributed by atoms with Crippen molar-refractivity contribution in [2.45, 2.75) is 6.92 Å². The highest BCUT2D eigenvalue weighted by Crippen LogP contribution is 2.14. The van der Waals surface area contributed by atoms with Gasteiger partial charge in [0.1, 0.15) is 11.6 Å². The van der Waals surface area contributed by atoms with Gasteiger partial charge in [0.15, 0.2) is 0 Å². The third-order valence-electron chi connectivity index (χ3n) is 3.35. The molecular formula is C20H15N3O3. The summed E-state index contributed by atoms with van der Waals surface area (Å²) in [6.07, 6.45) is 1.41. The number of carbonyl (C=O) groups excluding carboxylic acids is 2. The van der Waals surface area contributed by atoms with Crippen molar-refractivity contribution in [3.63, 3.8) is 0 Å². The Morgan fingerprint density at radius 2 is 1.88 bits per heavy atom. The topological polar surface area (TPSA) is 103 Å². The lowest BCUT2D eigenvalue weighted by Gasteiger charge is -2.06. The number of anilines is 1. The number of nitriles is 2. The maximum Gasteiger partial charge on any atom is 0.338 e. The van der Waals surface area contributed by atoms with E-state index in [1.807, 2.05) is 12.1 Å². The summed E-state index contributed by atoms with van der Waals surface area (Å²) < 4.78 is 4.89. The zero-order chi connectivity index (χ0) is 18.9. The third-order valence-corrected chi connectivity index (χ3v) is 3.35. The number of amides is 1. The predicted octanol–water partition coefficient (Wildman–Crippen LogP) is 3.28. The van der Waals surface area contributed by atoms with Crippen LogP contribution in [0.5, 0.6) is 0 Å². The van der Waals surface area contributed by atoms with E-state index in [1.54, 1.807) is 43.3 Å². The Bertz CT molecular complexity index is 932. The lowest BCUT2D eigenvalue weighted by Crippen LogP contribution is -2.13. The van der Waals surface area contributed by atoms with Crippen LogP contribution in [0, 0.1) is 22.7 Å². The summed E-state index contributed by atoms with van der Waals surface area (Å²) in [7, 11) is 0. The van der Waals surface area contributed by atoms with Gasteiger partial charge in [0.05, 0.1) is 23.8 Å². The second-order valence-corrected chi connectivity index (χ2v) is 5.16. The van der Waals surface area contributed by atoms with Crippen LogP contribution in [-0.2, 0) is 9.53 Å². The molecule has 26 heavy (non-hydrogen) atoms. The lowest BCUT2D eigenvalue weighted by molar-refractivity contribution is -0.112. The minimum absolute atomic E-state index is 0.102. The molecule has 0 heterocycles. The molecular weight excluding hydrogens is 330 g/mol. The van der Waals surface area contributed by atoms with Crippen LogP contribution in [0.3, 0.4) is 0 Å². The minimum atomic E-state index is -0.584. The van der Waals surface area contributed by atoms with E-state index in [2.05, 4.69) is 5.32 Å². The first-order valence-corrected chi connectivity index (χ1v) is 7.78. The zero-order valence-electron chi connectivity index (χ0n) is 14.0. The SMILES string of the molecule is CCOC(=O)c1ccc(NC(=O)/C(C#N)=C/c2cccc(C#N)c2)cc1. The largest absolute Gasteiger partial charge is 0.462 e. The van der Waals surface area contributed by atoms with Crippen LogP contribution in [0.1, 0.15) is 28.4 Å². The monoisotopic (exact) mass is 345 g/mol. The smallest absolute Gasteiger partial charge is 0.338 e. The van der Waals surface area contributed by atoms with Gasteiger partial charge in [-0.1, -0.05) is 12.1 Å². The summed E-state index contributed by atoms with van der Waals surface area (Å²) >= 11 is 0. The number of carbonyl (C=O) groups is 2. The molecule has 0 aliphatic heterocycles. The average molecular weight is 345 g/mol. The van der Waals surface area contributed by atoms with Gasteiger partial charge in [-0.25, -0.2) is 4.79 Å². The molecule has 0 saturated heterocycles. The van der Waals surface area contributed by atoms with Crippen molar-refractivity contribution >= 4 is 23.6 Å². The van der Waals surface area contributed by atoms with Crippen LogP contribution in [0.25, 0.3) is 6.08 Å². The van der Waals surface area contributed by atoms with E-state index >= 15 is 0 Å². The van der Waals surface area contributed by atoms with E-state index in [0.29, 0.717) is 22.4 Å². The van der Waals surface area contributed by atoms with Crippen molar-refractivity contribution in [1.82, 2.24) is 0 Å². The standard InChI is InChI=1S/C20H15N3O3/c1-2-26-20(25)16-6-8-18(9-7-16)23-19(24)17(13-22)11-14-4-3-5-15(10-14)12-21/h3-11H,2H2,1H3,(H,23,24)/b17-11+. The predicted molar refractivity (Wildman–Crippen MR) is 95.8 cm³/mol. The Morgan fingerprint density at radius 3 is 2.50 bits per heavy atom. The highest BCUT2D eigenvalue weighted by atomic mass is 16.5. The van der Waals surface area contributed by atoms with E-state index in [0.717, 1.165) is 0 Å². The van der Waals surface area contributed by atoms with E-state index in [4.69, 9.17) is 10.00 Å². The molecule has 2 aromatic rings. The van der Waals surface area contributed by atoms with Gasteiger partial charge in [-0.15, -0.1) is 0 Å². The molecule has 0 aliphatic rings. The highest BCUT2D eigenvalue weighted by Gasteiger charge is 2.11. The third kappa shape index (κ3) is 4.80. The quantitative estimate of drug-likeness (QED) is 0.509. The van der Waals surface area contributed by atoms with Gasteiger partial charge in [0, 0.05) is 5.69 Å². The minimum Gasteiger partial charge on any atom is -0.462 e. The van der Waals surface area contributed by atoms with Crippen molar-refractivity contribution in [2.24, 2.45) is 0 Å². The molecule has 0 atom stereocenters. The van der Waals surface area contributed by atoms with Crippen LogP contribution in [0.15, 0.2) is 54.1 Å². The molecule has 6 heteroatoms. The molecule has 1 amide bonds. The molecule has 128 valence electrons. The first-order chi connectivity index (χ1) is 12.6. The highest BCUT2D eigenvalue weighted by molar-refractivity contribution is 6.09. The molecule has 6 nitrogen and oxygen atoms in total. The fraction of sp³-hybridized carbons (Fsp3) is 0.100. The summed E-state index contributed by atoms with van der Waals surface area (Å²) in [4.78, 5) is 23.9. The molecule has 0 fully saturated rings. The average Bonchev–Trinajstić information content (AvgIpc) is 2.67. The van der Waals surface area contributed by atoms with E-state index in [-0.39, 0.29) is 12.2 Å². The number of nitrogens with zero attached hydrogens (tertiary/aromatic N) is 2. The van der Waals surface area contributed by atoms with Crippen molar-refractivity contribution in [2.75, 3.05) is 11.9 Å². The van der Waals surface area contributed by atoms with Gasteiger partial charge in [-0.05, 0) is 55.0 Å². The van der Waals surface area contributed by atoms with Gasteiger partial charge in [0.25, 0.3) is 5.91 Å². The summed E-state index contributed by atoms with van der Waals surface area (Å²) in [5.41, 5.74) is 1.72. The molecule has 0 spiro atoms. The van der Waals surface area contributed by atoms with Gasteiger partial charge < -0.3 is 10.1 Å². The van der Waals surface area contributed by atoms with Crippen LogP contribution in [-0.4, -0.2) is 18.5 Å². The Hall–Kier alpha value is -3.90.